The van der Waals surface area contributed by atoms with Gasteiger partial charge in [0.05, 0.1) is 26.4 Å². The number of carbonyl (C=O) groups excluding carboxylic acids is 4. The van der Waals surface area contributed by atoms with Crippen LogP contribution in [0, 0.1) is 11.8 Å². The van der Waals surface area contributed by atoms with E-state index in [1.165, 1.54) is 180 Å². The Balaban J connectivity index is 5.13. The highest BCUT2D eigenvalue weighted by atomic mass is 31.2. The fraction of sp³-hybridized carbons (Fsp3) is 0.944. The van der Waals surface area contributed by atoms with Gasteiger partial charge in [0.25, 0.3) is 0 Å². The summed E-state index contributed by atoms with van der Waals surface area (Å²) in [5, 5.41) is 10.6. The Morgan fingerprint density at radius 3 is 0.835 bits per heavy atom. The average molecular weight is 1340 g/mol. The zero-order valence-electron chi connectivity index (χ0n) is 59.1. The second-order valence-electron chi connectivity index (χ2n) is 26.7. The van der Waals surface area contributed by atoms with E-state index in [0.29, 0.717) is 25.7 Å². The number of phosphoric acid groups is 2. The predicted octanol–water partition coefficient (Wildman–Crippen LogP) is 20.8. The molecule has 0 fully saturated rings. The Labute approximate surface area is 556 Å². The molecule has 0 aromatic rings. The van der Waals surface area contributed by atoms with Crippen LogP contribution in [0.5, 0.6) is 0 Å². The first-order valence-corrected chi connectivity index (χ1v) is 40.5. The first-order valence-electron chi connectivity index (χ1n) is 37.5. The molecule has 0 saturated heterocycles. The van der Waals surface area contributed by atoms with Crippen molar-refractivity contribution in [2.24, 2.45) is 11.8 Å². The van der Waals surface area contributed by atoms with Gasteiger partial charge in [0.2, 0.25) is 0 Å². The highest BCUT2D eigenvalue weighted by Gasteiger charge is 2.30. The minimum atomic E-state index is -4.95. The minimum absolute atomic E-state index is 0.106. The monoisotopic (exact) mass is 1340 g/mol. The summed E-state index contributed by atoms with van der Waals surface area (Å²) in [6.07, 6.45) is 50.1. The molecule has 17 nitrogen and oxygen atoms in total. The summed E-state index contributed by atoms with van der Waals surface area (Å²) in [7, 11) is -9.89. The van der Waals surface area contributed by atoms with E-state index >= 15 is 0 Å². The molecule has 0 aliphatic heterocycles. The number of ether oxygens (including phenoxy) is 4. The van der Waals surface area contributed by atoms with Crippen molar-refractivity contribution in [2.75, 3.05) is 39.6 Å². The Morgan fingerprint density at radius 2 is 0.560 bits per heavy atom. The first-order chi connectivity index (χ1) is 43.9. The van der Waals surface area contributed by atoms with Crippen LogP contribution in [0.15, 0.2) is 0 Å². The van der Waals surface area contributed by atoms with Gasteiger partial charge in [-0.2, -0.15) is 0 Å². The van der Waals surface area contributed by atoms with Gasteiger partial charge < -0.3 is 33.8 Å². The topological polar surface area (TPSA) is 237 Å². The third-order valence-corrected chi connectivity index (χ3v) is 19.0. The lowest BCUT2D eigenvalue weighted by Crippen LogP contribution is -2.30. The fourth-order valence-corrected chi connectivity index (χ4v) is 12.5. The molecule has 0 aromatic heterocycles. The van der Waals surface area contributed by atoms with Crippen LogP contribution in [0.4, 0.5) is 0 Å². The summed E-state index contributed by atoms with van der Waals surface area (Å²) < 4.78 is 68.2. The maximum absolute atomic E-state index is 13.0. The number of unbranched alkanes of at least 4 members (excludes halogenated alkanes) is 40. The number of esters is 4. The van der Waals surface area contributed by atoms with E-state index in [1.54, 1.807) is 0 Å². The van der Waals surface area contributed by atoms with Gasteiger partial charge in [0, 0.05) is 25.7 Å². The number of aliphatic hydroxyl groups is 1. The maximum atomic E-state index is 13.0. The van der Waals surface area contributed by atoms with Gasteiger partial charge in [-0.25, -0.2) is 9.13 Å². The molecule has 0 spiro atoms. The van der Waals surface area contributed by atoms with E-state index < -0.39 is 97.5 Å². The van der Waals surface area contributed by atoms with E-state index in [2.05, 4.69) is 41.5 Å². The van der Waals surface area contributed by atoms with Gasteiger partial charge in [0.1, 0.15) is 19.3 Å². The van der Waals surface area contributed by atoms with Crippen LogP contribution >= 0.6 is 15.6 Å². The van der Waals surface area contributed by atoms with E-state index in [-0.39, 0.29) is 25.7 Å². The van der Waals surface area contributed by atoms with Gasteiger partial charge in [-0.3, -0.25) is 37.3 Å². The SMILES string of the molecule is CCCCCCCCCCCC(=O)O[C@H](COC(=O)CCCCCCCCCC)COP(=O)(O)OC[C@H](O)COP(=O)(O)OC[C@@H](COC(=O)CCCCCCCCCCCC(C)C)OC(=O)CCCCCCCCCCCCCCCCCCCCC(C)CC. The number of hydrogen-bond acceptors (Lipinski definition) is 15. The van der Waals surface area contributed by atoms with Crippen LogP contribution in [-0.2, 0) is 65.4 Å². The molecule has 3 unspecified atom stereocenters. The van der Waals surface area contributed by atoms with Crippen LogP contribution < -0.4 is 0 Å². The van der Waals surface area contributed by atoms with Crippen molar-refractivity contribution in [3.05, 3.63) is 0 Å². The van der Waals surface area contributed by atoms with Gasteiger partial charge in [-0.1, -0.05) is 318 Å². The second-order valence-corrected chi connectivity index (χ2v) is 29.6. The Morgan fingerprint density at radius 1 is 0.319 bits per heavy atom. The molecule has 0 bridgehead atoms. The summed E-state index contributed by atoms with van der Waals surface area (Å²) in [5.41, 5.74) is 0. The molecule has 6 atom stereocenters. The van der Waals surface area contributed by atoms with Crippen LogP contribution in [0.2, 0.25) is 0 Å². The van der Waals surface area contributed by atoms with Gasteiger partial charge in [-0.05, 0) is 37.5 Å². The Hall–Kier alpha value is -1.94. The number of rotatable bonds is 71. The Kier molecular flexibility index (Phi) is 62.7. The maximum Gasteiger partial charge on any atom is 0.472 e. The van der Waals surface area contributed by atoms with E-state index in [0.717, 1.165) is 108 Å². The van der Waals surface area contributed by atoms with Gasteiger partial charge in [0.15, 0.2) is 12.2 Å². The summed E-state index contributed by atoms with van der Waals surface area (Å²) in [5.74, 6) is -0.512. The van der Waals surface area contributed by atoms with Crippen molar-refractivity contribution in [1.29, 1.82) is 0 Å². The second kappa shape index (κ2) is 64.1. The van der Waals surface area contributed by atoms with Crippen molar-refractivity contribution >= 4 is 39.5 Å². The zero-order chi connectivity index (χ0) is 67.2. The molecule has 0 radical (unpaired) electrons. The van der Waals surface area contributed by atoms with Crippen molar-refractivity contribution in [2.45, 2.75) is 387 Å². The third kappa shape index (κ3) is 65.1. The van der Waals surface area contributed by atoms with E-state index in [4.69, 9.17) is 37.0 Å². The average Bonchev–Trinajstić information content (AvgIpc) is 3.33. The standard InChI is InChI=1S/C72H140O17P2/c1-7-10-12-14-16-29-38-44-50-56-71(76)88-67(60-82-69(74)54-48-42-36-17-15-13-11-8-2)62-86-90(78,79)84-58-66(73)59-85-91(80,81)87-63-68(61-83-70(75)55-49-43-37-33-28-30-34-40-46-52-64(4)5)89-72(77)57-51-45-39-32-27-25-23-21-19-18-20-22-24-26-31-35-41-47-53-65(6)9-3/h64-68,73H,7-63H2,1-6H3,(H,78,79)(H,80,81)/t65?,66-,67+,68+/m0/s1. The Bertz CT molecular complexity index is 1770. The molecule has 0 saturated carbocycles. The highest BCUT2D eigenvalue weighted by Crippen LogP contribution is 2.45. The van der Waals surface area contributed by atoms with E-state index in [9.17, 15) is 43.2 Å². The van der Waals surface area contributed by atoms with Crippen molar-refractivity contribution in [1.82, 2.24) is 0 Å². The van der Waals surface area contributed by atoms with Gasteiger partial charge >= 0.3 is 39.5 Å². The molecule has 0 heterocycles. The molecular weight excluding hydrogens is 1200 g/mol. The van der Waals surface area contributed by atoms with Crippen LogP contribution in [-0.4, -0.2) is 96.7 Å². The molecule has 0 aromatic carbocycles. The fourth-order valence-electron chi connectivity index (χ4n) is 10.9. The zero-order valence-corrected chi connectivity index (χ0v) is 60.9. The smallest absolute Gasteiger partial charge is 0.462 e. The van der Waals surface area contributed by atoms with Crippen molar-refractivity contribution in [3.63, 3.8) is 0 Å². The normalized spacial score (nSPS) is 14.4. The van der Waals surface area contributed by atoms with E-state index in [1.807, 2.05) is 0 Å². The molecule has 3 N–H and O–H groups in total. The van der Waals surface area contributed by atoms with Crippen LogP contribution in [0.1, 0.15) is 369 Å². The summed E-state index contributed by atoms with van der Waals surface area (Å²) in [6, 6.07) is 0. The molecule has 0 rings (SSSR count). The molecular formula is C72H140O17P2. The number of hydrogen-bond donors (Lipinski definition) is 3. The lowest BCUT2D eigenvalue weighted by Gasteiger charge is -2.21. The summed E-state index contributed by atoms with van der Waals surface area (Å²) >= 11 is 0. The lowest BCUT2D eigenvalue weighted by molar-refractivity contribution is -0.161. The molecule has 540 valence electrons. The third-order valence-electron chi connectivity index (χ3n) is 17.1. The largest absolute Gasteiger partial charge is 0.472 e. The number of aliphatic hydroxyl groups excluding tert-OH is 1. The first kappa shape index (κ1) is 89.1. The van der Waals surface area contributed by atoms with Crippen molar-refractivity contribution < 1.29 is 80.2 Å². The van der Waals surface area contributed by atoms with Crippen LogP contribution in [0.25, 0.3) is 0 Å². The molecule has 0 aliphatic carbocycles. The highest BCUT2D eigenvalue weighted by molar-refractivity contribution is 7.47. The molecule has 0 amide bonds. The number of carbonyl (C=O) groups is 4. The molecule has 0 aliphatic rings. The predicted molar refractivity (Wildman–Crippen MR) is 368 cm³/mol. The van der Waals surface area contributed by atoms with Gasteiger partial charge in [-0.15, -0.1) is 0 Å². The quantitative estimate of drug-likeness (QED) is 0.0222. The lowest BCUT2D eigenvalue weighted by atomic mass is 9.99. The molecule has 19 heteroatoms. The van der Waals surface area contributed by atoms with Crippen molar-refractivity contribution in [3.8, 4) is 0 Å². The van der Waals surface area contributed by atoms with Crippen LogP contribution in [0.3, 0.4) is 0 Å². The minimum Gasteiger partial charge on any atom is -0.462 e. The summed E-state index contributed by atoms with van der Waals surface area (Å²) in [6.45, 7) is 9.56. The summed E-state index contributed by atoms with van der Waals surface area (Å²) in [4.78, 5) is 72.4. The molecule has 91 heavy (non-hydrogen) atoms. The number of phosphoric ester groups is 2.